The molecule has 0 aliphatic rings. The van der Waals surface area contributed by atoms with Gasteiger partial charge in [0.1, 0.15) is 5.75 Å². The van der Waals surface area contributed by atoms with Crippen molar-refractivity contribution in [3.8, 4) is 5.75 Å². The molecule has 2 aromatic rings. The Morgan fingerprint density at radius 1 is 1.26 bits per heavy atom. The molecule has 1 aromatic heterocycles. The highest BCUT2D eigenvalue weighted by atomic mass is 16.4. The van der Waals surface area contributed by atoms with Gasteiger partial charge in [0.2, 0.25) is 5.78 Å². The van der Waals surface area contributed by atoms with Gasteiger partial charge in [-0.25, -0.2) is 0 Å². The third kappa shape index (κ3) is 2.49. The second kappa shape index (κ2) is 4.97. The van der Waals surface area contributed by atoms with E-state index in [0.29, 0.717) is 0 Å². The number of aliphatic carboxylic acids is 1. The van der Waals surface area contributed by atoms with Crippen LogP contribution in [0.25, 0.3) is 0 Å². The Hall–Kier alpha value is -2.56. The zero-order valence-electron chi connectivity index (χ0n) is 10.2. The van der Waals surface area contributed by atoms with Crippen LogP contribution in [-0.4, -0.2) is 22.0 Å². The molecule has 2 N–H and O–H groups in total. The maximum absolute atomic E-state index is 12.0. The summed E-state index contributed by atoms with van der Waals surface area (Å²) in [5.74, 6) is -2.31. The van der Waals surface area contributed by atoms with Crippen molar-refractivity contribution in [3.05, 3.63) is 53.5 Å². The number of carbonyl (C=O) groups is 2. The first-order valence-corrected chi connectivity index (χ1v) is 5.64. The van der Waals surface area contributed by atoms with Gasteiger partial charge in [-0.3, -0.25) is 9.59 Å². The Balaban J connectivity index is 2.41. The number of ketones is 1. The lowest BCUT2D eigenvalue weighted by atomic mass is 9.96. The second-order valence-electron chi connectivity index (χ2n) is 4.14. The number of carbonyl (C=O) groups excluding carboxylic acids is 1. The van der Waals surface area contributed by atoms with Crippen LogP contribution < -0.4 is 0 Å². The zero-order chi connectivity index (χ0) is 14.0. The molecule has 0 bridgehead atoms. The molecule has 0 fully saturated rings. The van der Waals surface area contributed by atoms with E-state index in [1.807, 2.05) is 0 Å². The largest absolute Gasteiger partial charge is 0.508 e. The first-order valence-electron chi connectivity index (χ1n) is 5.64. The molecule has 0 radical (unpaired) electrons. The maximum Gasteiger partial charge on any atom is 0.310 e. The van der Waals surface area contributed by atoms with Gasteiger partial charge in [0.25, 0.3) is 0 Å². The van der Waals surface area contributed by atoms with Gasteiger partial charge in [0.15, 0.2) is 5.76 Å². The van der Waals surface area contributed by atoms with E-state index >= 15 is 0 Å². The van der Waals surface area contributed by atoms with E-state index in [1.54, 1.807) is 6.07 Å². The minimum absolute atomic E-state index is 0.147. The molecule has 5 heteroatoms. The topological polar surface area (TPSA) is 87.7 Å². The summed E-state index contributed by atoms with van der Waals surface area (Å²) >= 11 is 0. The number of carboxylic acid groups (broad SMARTS) is 1. The van der Waals surface area contributed by atoms with E-state index in [0.717, 1.165) is 0 Å². The molecule has 1 heterocycles. The van der Waals surface area contributed by atoms with E-state index < -0.39 is 11.9 Å². The highest BCUT2D eigenvalue weighted by Gasteiger charge is 2.20. The van der Waals surface area contributed by atoms with Crippen LogP contribution in [0.1, 0.15) is 34.5 Å². The predicted molar refractivity (Wildman–Crippen MR) is 66.3 cm³/mol. The van der Waals surface area contributed by atoms with Crippen molar-refractivity contribution in [3.63, 3.8) is 0 Å². The maximum atomic E-state index is 12.0. The van der Waals surface area contributed by atoms with Crippen molar-refractivity contribution >= 4 is 11.8 Å². The number of phenols is 1. The summed E-state index contributed by atoms with van der Waals surface area (Å²) in [5, 5.41) is 18.6. The molecule has 0 saturated heterocycles. The molecule has 1 aromatic carbocycles. The van der Waals surface area contributed by atoms with E-state index in [-0.39, 0.29) is 28.4 Å². The molecule has 0 amide bonds. The van der Waals surface area contributed by atoms with Crippen LogP contribution in [0.4, 0.5) is 0 Å². The first kappa shape index (κ1) is 12.9. The van der Waals surface area contributed by atoms with Gasteiger partial charge in [0.05, 0.1) is 12.2 Å². The minimum Gasteiger partial charge on any atom is -0.508 e. The van der Waals surface area contributed by atoms with Crippen LogP contribution in [0.15, 0.2) is 41.0 Å². The lowest BCUT2D eigenvalue weighted by Gasteiger charge is -2.10. The Bertz CT molecular complexity index is 613. The molecule has 19 heavy (non-hydrogen) atoms. The number of phenolic OH excluding ortho intramolecular Hbond substituents is 1. The summed E-state index contributed by atoms with van der Waals surface area (Å²) in [4.78, 5) is 23.0. The van der Waals surface area contributed by atoms with Gasteiger partial charge in [-0.15, -0.1) is 0 Å². The number of benzene rings is 1. The number of rotatable bonds is 4. The van der Waals surface area contributed by atoms with Crippen molar-refractivity contribution in [2.24, 2.45) is 0 Å². The number of aromatic hydroxyl groups is 1. The summed E-state index contributed by atoms with van der Waals surface area (Å²) in [6.07, 6.45) is 1.38. The highest BCUT2D eigenvalue weighted by molar-refractivity contribution is 6.07. The highest BCUT2D eigenvalue weighted by Crippen LogP contribution is 2.27. The van der Waals surface area contributed by atoms with Gasteiger partial charge >= 0.3 is 5.97 Å². The monoisotopic (exact) mass is 260 g/mol. The normalized spacial score (nSPS) is 12.1. The van der Waals surface area contributed by atoms with Crippen LogP contribution in [0.2, 0.25) is 0 Å². The van der Waals surface area contributed by atoms with E-state index in [4.69, 9.17) is 9.52 Å². The Morgan fingerprint density at radius 3 is 2.58 bits per heavy atom. The Labute approximate surface area is 109 Å². The third-order valence-corrected chi connectivity index (χ3v) is 2.87. The Kier molecular flexibility index (Phi) is 3.37. The van der Waals surface area contributed by atoms with E-state index in [1.165, 1.54) is 37.5 Å². The second-order valence-corrected chi connectivity index (χ2v) is 4.14. The number of furan rings is 1. The average molecular weight is 260 g/mol. The first-order chi connectivity index (χ1) is 9.00. The fourth-order valence-corrected chi connectivity index (χ4v) is 1.73. The summed E-state index contributed by atoms with van der Waals surface area (Å²) in [5.41, 5.74) is 0.473. The molecule has 0 saturated carbocycles. The fraction of sp³-hybridized carbons (Fsp3) is 0.143. The number of hydrogen-bond donors (Lipinski definition) is 2. The summed E-state index contributed by atoms with van der Waals surface area (Å²) in [6.45, 7) is 1.44. The summed E-state index contributed by atoms with van der Waals surface area (Å²) in [7, 11) is 0. The van der Waals surface area contributed by atoms with Crippen molar-refractivity contribution in [2.75, 3.05) is 0 Å². The lowest BCUT2D eigenvalue weighted by molar-refractivity contribution is -0.138. The standard InChI is InChI=1S/C14H12O5/c1-8(14(17)18)10-7-9(4-5-11(10)15)13(16)12-3-2-6-19-12/h2-8,15H,1H3,(H,17,18). The lowest BCUT2D eigenvalue weighted by Crippen LogP contribution is -2.09. The SMILES string of the molecule is CC(C(=O)O)c1cc(C(=O)c2ccco2)ccc1O. The summed E-state index contributed by atoms with van der Waals surface area (Å²) < 4.78 is 5.00. The van der Waals surface area contributed by atoms with Crippen molar-refractivity contribution in [1.82, 2.24) is 0 Å². The minimum atomic E-state index is -1.07. The van der Waals surface area contributed by atoms with Gasteiger partial charge < -0.3 is 14.6 Å². The average Bonchev–Trinajstić information content (AvgIpc) is 2.91. The van der Waals surface area contributed by atoms with Crippen molar-refractivity contribution < 1.29 is 24.2 Å². The molecular formula is C14H12O5. The van der Waals surface area contributed by atoms with Gasteiger partial charge in [-0.05, 0) is 37.3 Å². The molecule has 0 spiro atoms. The summed E-state index contributed by atoms with van der Waals surface area (Å²) in [6, 6.07) is 7.23. The molecule has 0 aliphatic carbocycles. The molecule has 1 unspecified atom stereocenters. The van der Waals surface area contributed by atoms with E-state index in [9.17, 15) is 14.7 Å². The van der Waals surface area contributed by atoms with Gasteiger partial charge in [-0.1, -0.05) is 0 Å². The number of carboxylic acids is 1. The molecule has 5 nitrogen and oxygen atoms in total. The number of hydrogen-bond acceptors (Lipinski definition) is 4. The van der Waals surface area contributed by atoms with Gasteiger partial charge in [-0.2, -0.15) is 0 Å². The van der Waals surface area contributed by atoms with Crippen molar-refractivity contribution in [1.29, 1.82) is 0 Å². The quantitative estimate of drug-likeness (QED) is 0.824. The van der Waals surface area contributed by atoms with Crippen LogP contribution in [-0.2, 0) is 4.79 Å². The fourth-order valence-electron chi connectivity index (χ4n) is 1.73. The predicted octanol–water partition coefficient (Wildman–Crippen LogP) is 2.40. The zero-order valence-corrected chi connectivity index (χ0v) is 10.2. The molecule has 1 atom stereocenters. The van der Waals surface area contributed by atoms with Crippen LogP contribution in [0.3, 0.4) is 0 Å². The molecular weight excluding hydrogens is 248 g/mol. The third-order valence-electron chi connectivity index (χ3n) is 2.87. The molecule has 98 valence electrons. The van der Waals surface area contributed by atoms with Crippen LogP contribution in [0.5, 0.6) is 5.75 Å². The van der Waals surface area contributed by atoms with Gasteiger partial charge in [0, 0.05) is 11.1 Å². The van der Waals surface area contributed by atoms with E-state index in [2.05, 4.69) is 0 Å². The Morgan fingerprint density at radius 2 is 2.00 bits per heavy atom. The van der Waals surface area contributed by atoms with Crippen LogP contribution >= 0.6 is 0 Å². The molecule has 2 rings (SSSR count). The smallest absolute Gasteiger partial charge is 0.310 e. The van der Waals surface area contributed by atoms with Crippen LogP contribution in [0, 0.1) is 0 Å². The van der Waals surface area contributed by atoms with Crippen molar-refractivity contribution in [2.45, 2.75) is 12.8 Å². The molecule has 0 aliphatic heterocycles.